The Hall–Kier alpha value is -0.490. The number of halogens is 1. The first-order chi connectivity index (χ1) is 8.42. The quantitative estimate of drug-likeness (QED) is 0.592. The summed E-state index contributed by atoms with van der Waals surface area (Å²) in [5.74, 6) is 0.606. The summed E-state index contributed by atoms with van der Waals surface area (Å²) >= 11 is 6.83. The van der Waals surface area contributed by atoms with Gasteiger partial charge in [0.05, 0.1) is 5.38 Å². The molecule has 1 aliphatic rings. The van der Waals surface area contributed by atoms with Crippen molar-refractivity contribution < 1.29 is 0 Å². The molecule has 1 aromatic carbocycles. The molecule has 1 aromatic rings. The third kappa shape index (κ3) is 2.74. The molecule has 2 unspecified atom stereocenters. The van der Waals surface area contributed by atoms with Crippen molar-refractivity contribution >= 4 is 11.6 Å². The maximum atomic E-state index is 6.83. The Morgan fingerprint density at radius 2 is 1.94 bits per heavy atom. The van der Waals surface area contributed by atoms with Gasteiger partial charge in [0, 0.05) is 0 Å². The monoisotopic (exact) mass is 264 g/mol. The first-order valence-electron chi connectivity index (χ1n) is 7.13. The third-order valence-corrected chi connectivity index (χ3v) is 5.20. The molecule has 0 bridgehead atoms. The Balaban J connectivity index is 2.27. The van der Waals surface area contributed by atoms with Crippen molar-refractivity contribution in [2.24, 2.45) is 11.3 Å². The molecule has 0 amide bonds. The van der Waals surface area contributed by atoms with E-state index < -0.39 is 0 Å². The highest BCUT2D eigenvalue weighted by atomic mass is 35.5. The maximum Gasteiger partial charge on any atom is 0.0621 e. The second kappa shape index (κ2) is 5.25. The lowest BCUT2D eigenvalue weighted by Crippen LogP contribution is -2.31. The van der Waals surface area contributed by atoms with Crippen LogP contribution in [-0.2, 0) is 0 Å². The zero-order chi connectivity index (χ0) is 13.3. The van der Waals surface area contributed by atoms with Crippen LogP contribution in [0, 0.1) is 25.2 Å². The Morgan fingerprint density at radius 3 is 2.56 bits per heavy atom. The van der Waals surface area contributed by atoms with Gasteiger partial charge in [-0.2, -0.15) is 0 Å². The Kier molecular flexibility index (Phi) is 4.06. The second-order valence-electron chi connectivity index (χ2n) is 6.60. The Morgan fingerprint density at radius 1 is 1.22 bits per heavy atom. The molecule has 0 aromatic heterocycles. The van der Waals surface area contributed by atoms with Crippen LogP contribution in [0.4, 0.5) is 0 Å². The summed E-state index contributed by atoms with van der Waals surface area (Å²) < 4.78 is 0. The van der Waals surface area contributed by atoms with Crippen molar-refractivity contribution in [1.82, 2.24) is 0 Å². The van der Waals surface area contributed by atoms with Crippen molar-refractivity contribution in [1.29, 1.82) is 0 Å². The van der Waals surface area contributed by atoms with E-state index in [1.807, 2.05) is 0 Å². The van der Waals surface area contributed by atoms with Crippen LogP contribution in [-0.4, -0.2) is 0 Å². The Labute approximate surface area is 117 Å². The molecule has 1 saturated carbocycles. The molecule has 0 saturated heterocycles. The fourth-order valence-electron chi connectivity index (χ4n) is 3.42. The van der Waals surface area contributed by atoms with Gasteiger partial charge in [0.15, 0.2) is 0 Å². The predicted octanol–water partition coefficient (Wildman–Crippen LogP) is 5.80. The molecule has 2 rings (SSSR count). The summed E-state index contributed by atoms with van der Waals surface area (Å²) in [7, 11) is 0. The lowest BCUT2D eigenvalue weighted by Gasteiger charge is -2.41. The molecular formula is C17H25Cl. The van der Waals surface area contributed by atoms with Gasteiger partial charge in [0.25, 0.3) is 0 Å². The van der Waals surface area contributed by atoms with Crippen molar-refractivity contribution in [2.75, 3.05) is 0 Å². The van der Waals surface area contributed by atoms with Crippen LogP contribution in [0.1, 0.15) is 61.6 Å². The molecule has 0 spiro atoms. The van der Waals surface area contributed by atoms with Crippen molar-refractivity contribution in [2.45, 2.75) is 58.8 Å². The van der Waals surface area contributed by atoms with Crippen molar-refractivity contribution in [3.8, 4) is 0 Å². The predicted molar refractivity (Wildman–Crippen MR) is 80.2 cm³/mol. The van der Waals surface area contributed by atoms with Gasteiger partial charge < -0.3 is 0 Å². The van der Waals surface area contributed by atoms with E-state index >= 15 is 0 Å². The van der Waals surface area contributed by atoms with E-state index in [2.05, 4.69) is 45.9 Å². The topological polar surface area (TPSA) is 0 Å². The third-order valence-electron chi connectivity index (χ3n) is 4.67. The van der Waals surface area contributed by atoms with E-state index in [-0.39, 0.29) is 5.38 Å². The van der Waals surface area contributed by atoms with Crippen molar-refractivity contribution in [3.63, 3.8) is 0 Å². The summed E-state index contributed by atoms with van der Waals surface area (Å²) in [4.78, 5) is 0. The summed E-state index contributed by atoms with van der Waals surface area (Å²) in [5.41, 5.74) is 4.38. The van der Waals surface area contributed by atoms with Gasteiger partial charge in [-0.15, -0.1) is 11.6 Å². The van der Waals surface area contributed by atoms with Gasteiger partial charge in [-0.3, -0.25) is 0 Å². The molecular weight excluding hydrogens is 240 g/mol. The standard InChI is InChI=1S/C17H25Cl/c1-12-8-9-14(13(2)11-12)16(18)15-7-5-6-10-17(15,3)4/h8-9,11,15-16H,5-7,10H2,1-4H3. The average molecular weight is 265 g/mol. The normalized spacial score (nSPS) is 24.8. The number of alkyl halides is 1. The fourth-order valence-corrected chi connectivity index (χ4v) is 4.13. The maximum absolute atomic E-state index is 6.83. The van der Waals surface area contributed by atoms with Gasteiger partial charge in [-0.1, -0.05) is 50.5 Å². The Bertz CT molecular complexity index is 420. The van der Waals surface area contributed by atoms with Gasteiger partial charge in [-0.05, 0) is 49.1 Å². The SMILES string of the molecule is Cc1ccc(C(Cl)C2CCCCC2(C)C)c(C)c1. The molecule has 1 fully saturated rings. The van der Waals surface area contributed by atoms with Crippen LogP contribution < -0.4 is 0 Å². The number of hydrogen-bond acceptors (Lipinski definition) is 0. The summed E-state index contributed by atoms with van der Waals surface area (Å²) in [5, 5.41) is 0.167. The van der Waals surface area contributed by atoms with E-state index in [0.717, 1.165) is 0 Å². The number of benzene rings is 1. The van der Waals surface area contributed by atoms with Gasteiger partial charge in [0.2, 0.25) is 0 Å². The van der Waals surface area contributed by atoms with Gasteiger partial charge in [0.1, 0.15) is 0 Å². The van der Waals surface area contributed by atoms with E-state index in [0.29, 0.717) is 11.3 Å². The number of aryl methyl sites for hydroxylation is 2. The second-order valence-corrected chi connectivity index (χ2v) is 7.07. The van der Waals surface area contributed by atoms with Crippen LogP contribution in [0.5, 0.6) is 0 Å². The van der Waals surface area contributed by atoms with Crippen LogP contribution in [0.3, 0.4) is 0 Å². The highest BCUT2D eigenvalue weighted by Crippen LogP contribution is 2.49. The van der Waals surface area contributed by atoms with Crippen LogP contribution in [0.25, 0.3) is 0 Å². The molecule has 0 aliphatic heterocycles. The number of rotatable bonds is 2. The summed E-state index contributed by atoms with van der Waals surface area (Å²) in [6.45, 7) is 9.10. The zero-order valence-corrected chi connectivity index (χ0v) is 12.8. The molecule has 0 radical (unpaired) electrons. The van der Waals surface area contributed by atoms with E-state index in [1.165, 1.54) is 42.4 Å². The molecule has 18 heavy (non-hydrogen) atoms. The summed E-state index contributed by atoms with van der Waals surface area (Å²) in [6.07, 6.45) is 5.28. The molecule has 1 aliphatic carbocycles. The first kappa shape index (κ1) is 13.9. The van der Waals surface area contributed by atoms with Crippen LogP contribution >= 0.6 is 11.6 Å². The lowest BCUT2D eigenvalue weighted by molar-refractivity contribution is 0.133. The van der Waals surface area contributed by atoms with Crippen LogP contribution in [0.2, 0.25) is 0 Å². The molecule has 100 valence electrons. The average Bonchev–Trinajstić information content (AvgIpc) is 2.27. The van der Waals surface area contributed by atoms with E-state index in [4.69, 9.17) is 11.6 Å². The zero-order valence-electron chi connectivity index (χ0n) is 12.1. The minimum atomic E-state index is 0.167. The van der Waals surface area contributed by atoms with Crippen molar-refractivity contribution in [3.05, 3.63) is 34.9 Å². The number of hydrogen-bond donors (Lipinski definition) is 0. The molecule has 0 N–H and O–H groups in total. The van der Waals surface area contributed by atoms with Gasteiger partial charge in [-0.25, -0.2) is 0 Å². The van der Waals surface area contributed by atoms with E-state index in [9.17, 15) is 0 Å². The highest BCUT2D eigenvalue weighted by molar-refractivity contribution is 6.21. The molecule has 0 nitrogen and oxygen atoms in total. The lowest BCUT2D eigenvalue weighted by atomic mass is 9.66. The summed E-state index contributed by atoms with van der Waals surface area (Å²) in [6, 6.07) is 6.67. The highest BCUT2D eigenvalue weighted by Gasteiger charge is 2.37. The molecule has 0 heterocycles. The van der Waals surface area contributed by atoms with Crippen LogP contribution in [0.15, 0.2) is 18.2 Å². The van der Waals surface area contributed by atoms with E-state index in [1.54, 1.807) is 0 Å². The largest absolute Gasteiger partial charge is 0.117 e. The molecule has 2 atom stereocenters. The molecule has 1 heteroatoms. The minimum absolute atomic E-state index is 0.167. The smallest absolute Gasteiger partial charge is 0.0621 e. The first-order valence-corrected chi connectivity index (χ1v) is 7.57. The van der Waals surface area contributed by atoms with Gasteiger partial charge >= 0.3 is 0 Å². The fraction of sp³-hybridized carbons (Fsp3) is 0.647. The minimum Gasteiger partial charge on any atom is -0.117 e.